The molecule has 0 fully saturated rings. The molecule has 5 nitrogen and oxygen atoms in total. The van der Waals surface area contributed by atoms with Crippen LogP contribution in [-0.2, 0) is 11.2 Å². The van der Waals surface area contributed by atoms with Gasteiger partial charge in [-0.1, -0.05) is 41.3 Å². The van der Waals surface area contributed by atoms with Gasteiger partial charge in [-0.05, 0) is 31.4 Å². The Morgan fingerprint density at radius 1 is 1.48 bits per heavy atom. The maximum Gasteiger partial charge on any atom is 0.237 e. The van der Waals surface area contributed by atoms with Crippen molar-refractivity contribution in [3.8, 4) is 0 Å². The van der Waals surface area contributed by atoms with Crippen LogP contribution in [0.25, 0.3) is 0 Å². The number of aryl methyl sites for hydroxylation is 1. The number of rotatable bonds is 3. The third-order valence-electron chi connectivity index (χ3n) is 3.53. The van der Waals surface area contributed by atoms with Crippen LogP contribution in [0.3, 0.4) is 0 Å². The van der Waals surface area contributed by atoms with E-state index in [0.717, 1.165) is 22.9 Å². The van der Waals surface area contributed by atoms with E-state index in [-0.39, 0.29) is 11.9 Å². The molecule has 1 aliphatic heterocycles. The Bertz CT molecular complexity index is 658. The monoisotopic (exact) mass is 320 g/mol. The second kappa shape index (κ2) is 6.03. The van der Waals surface area contributed by atoms with Crippen molar-refractivity contribution >= 4 is 39.8 Å². The molecular formula is C14H16N4OS2. The van der Waals surface area contributed by atoms with E-state index in [1.165, 1.54) is 28.7 Å². The summed E-state index contributed by atoms with van der Waals surface area (Å²) < 4.78 is 0.735. The predicted octanol–water partition coefficient (Wildman–Crippen LogP) is 2.58. The molecule has 7 heteroatoms. The molecule has 1 aromatic heterocycles. The molecule has 0 aliphatic carbocycles. The second-order valence-corrected chi connectivity index (χ2v) is 7.21. The van der Waals surface area contributed by atoms with Crippen molar-refractivity contribution in [1.82, 2.24) is 10.2 Å². The highest BCUT2D eigenvalue weighted by atomic mass is 32.2. The van der Waals surface area contributed by atoms with Gasteiger partial charge in [0.05, 0.1) is 5.75 Å². The third-order valence-corrected chi connectivity index (χ3v) is 5.40. The van der Waals surface area contributed by atoms with Gasteiger partial charge in [0.1, 0.15) is 0 Å². The maximum atomic E-state index is 12.6. The summed E-state index contributed by atoms with van der Waals surface area (Å²) in [5.41, 5.74) is 7.83. The normalized spacial score (nSPS) is 17.6. The summed E-state index contributed by atoms with van der Waals surface area (Å²) >= 11 is 2.70. The van der Waals surface area contributed by atoms with Gasteiger partial charge in [-0.3, -0.25) is 4.79 Å². The molecule has 0 radical (unpaired) electrons. The number of nitrogens with two attached hydrogens (primary N) is 1. The third kappa shape index (κ3) is 3.03. The Labute approximate surface area is 131 Å². The number of hydrogen-bond acceptors (Lipinski definition) is 6. The molecule has 3 rings (SSSR count). The maximum absolute atomic E-state index is 12.6. The average molecular weight is 320 g/mol. The molecule has 21 heavy (non-hydrogen) atoms. The largest absolute Gasteiger partial charge is 0.374 e. The van der Waals surface area contributed by atoms with Crippen LogP contribution in [0.1, 0.15) is 18.9 Å². The minimum atomic E-state index is 0.105. The van der Waals surface area contributed by atoms with Crippen LogP contribution in [0.5, 0.6) is 0 Å². The summed E-state index contributed by atoms with van der Waals surface area (Å²) in [7, 11) is 0. The fraction of sp³-hybridized carbons (Fsp3) is 0.357. The quantitative estimate of drug-likeness (QED) is 0.880. The van der Waals surface area contributed by atoms with E-state index < -0.39 is 0 Å². The van der Waals surface area contributed by atoms with Crippen LogP contribution in [0.4, 0.5) is 10.8 Å². The van der Waals surface area contributed by atoms with E-state index in [0.29, 0.717) is 10.9 Å². The van der Waals surface area contributed by atoms with Crippen molar-refractivity contribution in [3.63, 3.8) is 0 Å². The van der Waals surface area contributed by atoms with Gasteiger partial charge >= 0.3 is 0 Å². The van der Waals surface area contributed by atoms with Crippen LogP contribution in [0, 0.1) is 0 Å². The van der Waals surface area contributed by atoms with Crippen molar-refractivity contribution in [2.75, 3.05) is 16.4 Å². The molecule has 110 valence electrons. The van der Waals surface area contributed by atoms with Gasteiger partial charge in [-0.15, -0.1) is 10.2 Å². The molecule has 0 saturated carbocycles. The van der Waals surface area contributed by atoms with Gasteiger partial charge in [0.25, 0.3) is 0 Å². The molecule has 0 saturated heterocycles. The van der Waals surface area contributed by atoms with Gasteiger partial charge in [-0.2, -0.15) is 0 Å². The minimum Gasteiger partial charge on any atom is -0.374 e. The van der Waals surface area contributed by atoms with Crippen LogP contribution in [-0.4, -0.2) is 27.9 Å². The first-order chi connectivity index (χ1) is 10.1. The Morgan fingerprint density at radius 2 is 2.29 bits per heavy atom. The van der Waals surface area contributed by atoms with Crippen LogP contribution in [0.2, 0.25) is 0 Å². The molecule has 1 unspecified atom stereocenters. The number of nitrogens with zero attached hydrogens (tertiary/aromatic N) is 3. The van der Waals surface area contributed by atoms with Crippen LogP contribution >= 0.6 is 23.1 Å². The summed E-state index contributed by atoms with van der Waals surface area (Å²) in [6, 6.07) is 8.36. The summed E-state index contributed by atoms with van der Waals surface area (Å²) in [6.07, 6.45) is 2.03. The highest BCUT2D eigenvalue weighted by Gasteiger charge is 2.27. The van der Waals surface area contributed by atoms with E-state index in [4.69, 9.17) is 5.73 Å². The van der Waals surface area contributed by atoms with E-state index in [9.17, 15) is 4.79 Å². The van der Waals surface area contributed by atoms with Crippen molar-refractivity contribution in [2.45, 2.75) is 30.1 Å². The first kappa shape index (κ1) is 14.3. The Hall–Kier alpha value is -1.60. The lowest BCUT2D eigenvalue weighted by atomic mass is 9.97. The smallest absolute Gasteiger partial charge is 0.237 e. The number of benzene rings is 1. The van der Waals surface area contributed by atoms with E-state index in [1.54, 1.807) is 0 Å². The zero-order valence-electron chi connectivity index (χ0n) is 11.7. The molecule has 2 aromatic rings. The number of aromatic nitrogens is 2. The van der Waals surface area contributed by atoms with Gasteiger partial charge in [0.2, 0.25) is 11.0 Å². The molecule has 0 spiro atoms. The summed E-state index contributed by atoms with van der Waals surface area (Å²) in [5, 5.41) is 8.12. The number of carbonyl (C=O) groups excluding carboxylic acids is 1. The minimum absolute atomic E-state index is 0.105. The SMILES string of the molecule is CC1CCc2ccccc2N1C(=O)CSc1nnc(N)s1. The number of nitrogen functional groups attached to an aromatic ring is 1. The summed E-state index contributed by atoms with van der Waals surface area (Å²) in [4.78, 5) is 14.5. The average Bonchev–Trinajstić information content (AvgIpc) is 2.90. The number of thioether (sulfide) groups is 1. The number of carbonyl (C=O) groups is 1. The summed E-state index contributed by atoms with van der Waals surface area (Å²) in [6.45, 7) is 2.10. The zero-order valence-corrected chi connectivity index (χ0v) is 13.3. The molecule has 1 atom stereocenters. The highest BCUT2D eigenvalue weighted by molar-refractivity contribution is 8.01. The number of fused-ring (bicyclic) bond motifs is 1. The van der Waals surface area contributed by atoms with E-state index >= 15 is 0 Å². The number of anilines is 2. The Morgan fingerprint density at radius 3 is 3.05 bits per heavy atom. The van der Waals surface area contributed by atoms with Crippen LogP contribution < -0.4 is 10.6 Å². The molecule has 1 amide bonds. The zero-order chi connectivity index (χ0) is 14.8. The van der Waals surface area contributed by atoms with Crippen molar-refractivity contribution in [2.24, 2.45) is 0 Å². The molecule has 2 N–H and O–H groups in total. The molecule has 1 aliphatic rings. The molecule has 1 aromatic carbocycles. The predicted molar refractivity (Wildman–Crippen MR) is 86.8 cm³/mol. The fourth-order valence-electron chi connectivity index (χ4n) is 2.54. The Balaban J connectivity index is 1.74. The van der Waals surface area contributed by atoms with E-state index in [1.807, 2.05) is 23.1 Å². The van der Waals surface area contributed by atoms with Gasteiger partial charge in [0, 0.05) is 11.7 Å². The van der Waals surface area contributed by atoms with Crippen LogP contribution in [0.15, 0.2) is 28.6 Å². The van der Waals surface area contributed by atoms with Crippen molar-refractivity contribution in [1.29, 1.82) is 0 Å². The molecule has 0 bridgehead atoms. The van der Waals surface area contributed by atoms with Gasteiger partial charge in [0.15, 0.2) is 4.34 Å². The number of hydrogen-bond donors (Lipinski definition) is 1. The van der Waals surface area contributed by atoms with E-state index in [2.05, 4.69) is 23.2 Å². The number of amides is 1. The number of para-hydroxylation sites is 1. The Kier molecular flexibility index (Phi) is 4.12. The fourth-order valence-corrected chi connectivity index (χ4v) is 4.04. The van der Waals surface area contributed by atoms with Gasteiger partial charge in [-0.25, -0.2) is 0 Å². The first-order valence-corrected chi connectivity index (χ1v) is 8.57. The lowest BCUT2D eigenvalue weighted by Crippen LogP contribution is -2.43. The molecule has 2 heterocycles. The molecular weight excluding hydrogens is 304 g/mol. The summed E-state index contributed by atoms with van der Waals surface area (Å²) in [5.74, 6) is 0.459. The first-order valence-electron chi connectivity index (χ1n) is 6.77. The van der Waals surface area contributed by atoms with Crippen molar-refractivity contribution in [3.05, 3.63) is 29.8 Å². The highest BCUT2D eigenvalue weighted by Crippen LogP contribution is 2.32. The lowest BCUT2D eigenvalue weighted by Gasteiger charge is -2.35. The van der Waals surface area contributed by atoms with Crippen molar-refractivity contribution < 1.29 is 4.79 Å². The second-order valence-electron chi connectivity index (χ2n) is 4.98. The van der Waals surface area contributed by atoms with Gasteiger partial charge < -0.3 is 10.6 Å². The standard InChI is InChI=1S/C14H16N4OS2/c1-9-6-7-10-4-2-3-5-11(10)18(9)12(19)8-20-14-17-16-13(15)21-14/h2-5,9H,6-8H2,1H3,(H2,15,16). The lowest BCUT2D eigenvalue weighted by molar-refractivity contribution is -0.116. The topological polar surface area (TPSA) is 72.1 Å².